The Morgan fingerprint density at radius 1 is 1.07 bits per heavy atom. The maximum Gasteiger partial charge on any atom is 0.226 e. The Labute approximate surface area is 163 Å². The minimum atomic E-state index is -3.37. The van der Waals surface area contributed by atoms with Crippen LogP contribution in [0.3, 0.4) is 0 Å². The number of nitrogens with zero attached hydrogens (tertiary/aromatic N) is 1. The largest absolute Gasteiger partial charge is 0.302 e. The summed E-state index contributed by atoms with van der Waals surface area (Å²) in [5, 5.41) is 5.14. The van der Waals surface area contributed by atoms with Crippen LogP contribution >= 0.6 is 11.3 Å². The van der Waals surface area contributed by atoms with Gasteiger partial charge in [-0.1, -0.05) is 48.0 Å². The molecule has 1 amide bonds. The highest BCUT2D eigenvalue weighted by atomic mass is 32.2. The molecular weight excluding hydrogens is 380 g/mol. The SMILES string of the molecule is Cc1ccc(S(=O)(=O)CCCC(=O)Nc2nc(-c3ccccc3)cs2)cc1. The summed E-state index contributed by atoms with van der Waals surface area (Å²) < 4.78 is 24.6. The summed E-state index contributed by atoms with van der Waals surface area (Å²) in [7, 11) is -3.37. The summed E-state index contributed by atoms with van der Waals surface area (Å²) >= 11 is 1.35. The van der Waals surface area contributed by atoms with Crippen molar-refractivity contribution in [3.63, 3.8) is 0 Å². The zero-order chi connectivity index (χ0) is 19.3. The van der Waals surface area contributed by atoms with E-state index in [1.165, 1.54) is 11.3 Å². The monoisotopic (exact) mass is 400 g/mol. The second-order valence-corrected chi connectivity index (χ2v) is 9.15. The molecule has 2 aromatic carbocycles. The molecule has 5 nitrogen and oxygen atoms in total. The topological polar surface area (TPSA) is 76.1 Å². The van der Waals surface area contributed by atoms with Crippen molar-refractivity contribution in [2.45, 2.75) is 24.7 Å². The van der Waals surface area contributed by atoms with Crippen LogP contribution in [0.2, 0.25) is 0 Å². The number of aromatic nitrogens is 1. The zero-order valence-corrected chi connectivity index (χ0v) is 16.5. The van der Waals surface area contributed by atoms with E-state index in [1.54, 1.807) is 24.3 Å². The highest BCUT2D eigenvalue weighted by molar-refractivity contribution is 7.91. The van der Waals surface area contributed by atoms with Crippen molar-refractivity contribution in [2.24, 2.45) is 0 Å². The fourth-order valence-corrected chi connectivity index (χ4v) is 4.59. The van der Waals surface area contributed by atoms with E-state index in [1.807, 2.05) is 42.6 Å². The van der Waals surface area contributed by atoms with Gasteiger partial charge in [-0.25, -0.2) is 13.4 Å². The third-order valence-corrected chi connectivity index (χ3v) is 6.59. The maximum atomic E-state index is 12.3. The van der Waals surface area contributed by atoms with E-state index < -0.39 is 9.84 Å². The van der Waals surface area contributed by atoms with E-state index in [4.69, 9.17) is 0 Å². The van der Waals surface area contributed by atoms with Gasteiger partial charge < -0.3 is 5.32 Å². The molecule has 0 aliphatic rings. The number of sulfone groups is 1. The van der Waals surface area contributed by atoms with Crippen LogP contribution in [-0.4, -0.2) is 25.1 Å². The van der Waals surface area contributed by atoms with Gasteiger partial charge in [-0.15, -0.1) is 11.3 Å². The van der Waals surface area contributed by atoms with Crippen molar-refractivity contribution in [1.82, 2.24) is 4.98 Å². The standard InChI is InChI=1S/C20H20N2O3S2/c1-15-9-11-17(12-10-15)27(24,25)13-5-8-19(23)22-20-21-18(14-26-20)16-6-3-2-4-7-16/h2-4,6-7,9-12,14H,5,8,13H2,1H3,(H,21,22,23). The Morgan fingerprint density at radius 3 is 2.48 bits per heavy atom. The second-order valence-electron chi connectivity index (χ2n) is 6.19. The maximum absolute atomic E-state index is 12.3. The number of rotatable bonds is 7. The predicted molar refractivity (Wildman–Crippen MR) is 109 cm³/mol. The molecule has 0 fully saturated rings. The van der Waals surface area contributed by atoms with E-state index in [9.17, 15) is 13.2 Å². The van der Waals surface area contributed by atoms with Gasteiger partial charge in [0.05, 0.1) is 16.3 Å². The van der Waals surface area contributed by atoms with Crippen molar-refractivity contribution in [3.8, 4) is 11.3 Å². The molecule has 1 heterocycles. The normalized spacial score (nSPS) is 11.3. The van der Waals surface area contributed by atoms with Gasteiger partial charge in [-0.05, 0) is 25.5 Å². The van der Waals surface area contributed by atoms with Gasteiger partial charge in [0.1, 0.15) is 0 Å². The third kappa shape index (κ3) is 5.24. The molecule has 0 bridgehead atoms. The highest BCUT2D eigenvalue weighted by Crippen LogP contribution is 2.24. The van der Waals surface area contributed by atoms with Crippen molar-refractivity contribution in [3.05, 3.63) is 65.5 Å². The summed E-state index contributed by atoms with van der Waals surface area (Å²) in [6.07, 6.45) is 0.393. The molecule has 1 aromatic heterocycles. The first kappa shape index (κ1) is 19.3. The van der Waals surface area contributed by atoms with Gasteiger partial charge in [0, 0.05) is 17.4 Å². The molecule has 0 radical (unpaired) electrons. The first-order valence-electron chi connectivity index (χ1n) is 8.54. The van der Waals surface area contributed by atoms with Crippen molar-refractivity contribution in [1.29, 1.82) is 0 Å². The van der Waals surface area contributed by atoms with Gasteiger partial charge in [-0.2, -0.15) is 0 Å². The third-order valence-electron chi connectivity index (χ3n) is 4.02. The van der Waals surface area contributed by atoms with E-state index >= 15 is 0 Å². The smallest absolute Gasteiger partial charge is 0.226 e. The summed E-state index contributed by atoms with van der Waals surface area (Å²) in [4.78, 5) is 16.8. The lowest BCUT2D eigenvalue weighted by Gasteiger charge is -2.05. The highest BCUT2D eigenvalue weighted by Gasteiger charge is 2.15. The number of hydrogen-bond acceptors (Lipinski definition) is 5. The summed E-state index contributed by atoms with van der Waals surface area (Å²) in [6.45, 7) is 1.91. The van der Waals surface area contributed by atoms with Crippen LogP contribution in [0.1, 0.15) is 18.4 Å². The Kier molecular flexibility index (Phi) is 6.03. The van der Waals surface area contributed by atoms with Crippen LogP contribution in [-0.2, 0) is 14.6 Å². The number of thiazole rings is 1. The minimum absolute atomic E-state index is 0.0589. The average Bonchev–Trinajstić information content (AvgIpc) is 3.11. The first-order chi connectivity index (χ1) is 12.9. The molecule has 1 N–H and O–H groups in total. The summed E-state index contributed by atoms with van der Waals surface area (Å²) in [5.74, 6) is -0.292. The van der Waals surface area contributed by atoms with E-state index in [2.05, 4.69) is 10.3 Å². The molecule has 0 aliphatic heterocycles. The molecule has 27 heavy (non-hydrogen) atoms. The van der Waals surface area contributed by atoms with Gasteiger partial charge in [-0.3, -0.25) is 4.79 Å². The second kappa shape index (κ2) is 8.45. The van der Waals surface area contributed by atoms with Crippen molar-refractivity contribution >= 4 is 32.2 Å². The predicted octanol–water partition coefficient (Wildman–Crippen LogP) is 4.31. The quantitative estimate of drug-likeness (QED) is 0.641. The molecule has 0 spiro atoms. The Hall–Kier alpha value is -2.51. The summed E-state index contributed by atoms with van der Waals surface area (Å²) in [6, 6.07) is 16.5. The lowest BCUT2D eigenvalue weighted by atomic mass is 10.2. The van der Waals surface area contributed by atoms with Gasteiger partial charge in [0.2, 0.25) is 5.91 Å². The van der Waals surface area contributed by atoms with Crippen LogP contribution < -0.4 is 5.32 Å². The number of anilines is 1. The Bertz CT molecular complexity index is 1010. The van der Waals surface area contributed by atoms with E-state index in [-0.39, 0.29) is 24.5 Å². The number of carbonyl (C=O) groups is 1. The van der Waals surface area contributed by atoms with Crippen LogP contribution in [0.25, 0.3) is 11.3 Å². The Morgan fingerprint density at radius 2 is 1.78 bits per heavy atom. The van der Waals surface area contributed by atoms with Crippen LogP contribution in [0.5, 0.6) is 0 Å². The fraction of sp³-hybridized carbons (Fsp3) is 0.200. The molecule has 0 aliphatic carbocycles. The van der Waals surface area contributed by atoms with Gasteiger partial charge in [0.25, 0.3) is 0 Å². The average molecular weight is 401 g/mol. The zero-order valence-electron chi connectivity index (χ0n) is 14.9. The number of aryl methyl sites for hydroxylation is 1. The molecule has 3 aromatic rings. The van der Waals surface area contributed by atoms with Gasteiger partial charge in [0.15, 0.2) is 15.0 Å². The molecular formula is C20H20N2O3S2. The fourth-order valence-electron chi connectivity index (χ4n) is 2.54. The molecule has 0 saturated carbocycles. The number of nitrogens with one attached hydrogen (secondary N) is 1. The molecule has 0 saturated heterocycles. The van der Waals surface area contributed by atoms with E-state index in [0.29, 0.717) is 10.0 Å². The number of amides is 1. The van der Waals surface area contributed by atoms with Crippen LogP contribution in [0.4, 0.5) is 5.13 Å². The van der Waals surface area contributed by atoms with Crippen LogP contribution in [0, 0.1) is 6.92 Å². The lowest BCUT2D eigenvalue weighted by Crippen LogP contribution is -2.14. The summed E-state index contributed by atoms with van der Waals surface area (Å²) in [5.41, 5.74) is 2.79. The van der Waals surface area contributed by atoms with Crippen molar-refractivity contribution < 1.29 is 13.2 Å². The van der Waals surface area contributed by atoms with Crippen LogP contribution in [0.15, 0.2) is 64.9 Å². The molecule has 7 heteroatoms. The number of hydrogen-bond donors (Lipinski definition) is 1. The number of carbonyl (C=O) groups excluding carboxylic acids is 1. The Balaban J connectivity index is 1.51. The molecule has 0 unspecified atom stereocenters. The molecule has 3 rings (SSSR count). The minimum Gasteiger partial charge on any atom is -0.302 e. The lowest BCUT2D eigenvalue weighted by molar-refractivity contribution is -0.116. The molecule has 140 valence electrons. The first-order valence-corrected chi connectivity index (χ1v) is 11.1. The number of benzene rings is 2. The van der Waals surface area contributed by atoms with E-state index in [0.717, 1.165) is 16.8 Å². The van der Waals surface area contributed by atoms with Crippen molar-refractivity contribution in [2.75, 3.05) is 11.1 Å². The molecule has 0 atom stereocenters. The van der Waals surface area contributed by atoms with Gasteiger partial charge >= 0.3 is 0 Å².